The molecule has 0 aliphatic carbocycles. The van der Waals surface area contributed by atoms with Crippen LogP contribution in [-0.2, 0) is 15.9 Å². The molecule has 0 unspecified atom stereocenters. The van der Waals surface area contributed by atoms with Crippen LogP contribution >= 0.6 is 0 Å². The molecule has 25 heavy (non-hydrogen) atoms. The summed E-state index contributed by atoms with van der Waals surface area (Å²) in [6, 6.07) is 17.9. The van der Waals surface area contributed by atoms with Crippen LogP contribution in [0.5, 0.6) is 5.75 Å². The lowest BCUT2D eigenvalue weighted by molar-refractivity contribution is 0.00578. The standard InChI is InChI=1S/C20H26BNO3/c1-19(2)20(3,4)25-21(24-19)18(22)16-12-8-9-13-17(16)23-14-15-10-6-5-7-11-15/h5-13,18H,14,22H2,1-4H3/t18-/m0/s1. The van der Waals surface area contributed by atoms with Gasteiger partial charge in [0.1, 0.15) is 12.4 Å². The molecule has 1 fully saturated rings. The number of nitrogens with two attached hydrogens (primary N) is 1. The van der Waals surface area contributed by atoms with Crippen molar-refractivity contribution in [3.8, 4) is 5.75 Å². The summed E-state index contributed by atoms with van der Waals surface area (Å²) in [7, 11) is -0.508. The van der Waals surface area contributed by atoms with Gasteiger partial charge in [-0.25, -0.2) is 0 Å². The van der Waals surface area contributed by atoms with Gasteiger partial charge in [-0.3, -0.25) is 0 Å². The van der Waals surface area contributed by atoms with Crippen molar-refractivity contribution in [1.29, 1.82) is 0 Å². The molecule has 2 aromatic rings. The maximum absolute atomic E-state index is 6.48. The highest BCUT2D eigenvalue weighted by Gasteiger charge is 2.53. The van der Waals surface area contributed by atoms with Crippen molar-refractivity contribution in [2.45, 2.75) is 51.4 Å². The molecule has 0 saturated carbocycles. The SMILES string of the molecule is CC1(C)OB([C@@H](N)c2ccccc2OCc2ccccc2)OC1(C)C. The van der Waals surface area contributed by atoms with Gasteiger partial charge in [0.15, 0.2) is 0 Å². The van der Waals surface area contributed by atoms with Gasteiger partial charge in [0.05, 0.1) is 17.1 Å². The largest absolute Gasteiger partial charge is 0.489 e. The maximum atomic E-state index is 6.48. The van der Waals surface area contributed by atoms with Crippen LogP contribution in [0.3, 0.4) is 0 Å². The first kappa shape index (κ1) is 18.0. The van der Waals surface area contributed by atoms with Crippen LogP contribution in [0.1, 0.15) is 44.8 Å². The second kappa shape index (κ2) is 6.83. The molecule has 132 valence electrons. The van der Waals surface area contributed by atoms with Crippen LogP contribution in [0.15, 0.2) is 54.6 Å². The molecule has 0 bridgehead atoms. The van der Waals surface area contributed by atoms with Gasteiger partial charge < -0.3 is 19.8 Å². The highest BCUT2D eigenvalue weighted by Crippen LogP contribution is 2.40. The molecular weight excluding hydrogens is 313 g/mol. The Morgan fingerprint density at radius 2 is 1.48 bits per heavy atom. The van der Waals surface area contributed by atoms with E-state index in [0.29, 0.717) is 6.61 Å². The van der Waals surface area contributed by atoms with E-state index in [0.717, 1.165) is 16.9 Å². The third-order valence-corrected chi connectivity index (χ3v) is 5.08. The van der Waals surface area contributed by atoms with Crippen LogP contribution in [0.4, 0.5) is 0 Å². The summed E-state index contributed by atoms with van der Waals surface area (Å²) in [5.74, 6) is 0.335. The van der Waals surface area contributed by atoms with Crippen LogP contribution < -0.4 is 10.5 Å². The van der Waals surface area contributed by atoms with E-state index in [9.17, 15) is 0 Å². The van der Waals surface area contributed by atoms with Crippen LogP contribution in [-0.4, -0.2) is 18.3 Å². The van der Waals surface area contributed by atoms with Gasteiger partial charge in [-0.15, -0.1) is 0 Å². The van der Waals surface area contributed by atoms with E-state index in [2.05, 4.69) is 0 Å². The van der Waals surface area contributed by atoms with Crippen molar-refractivity contribution in [2.75, 3.05) is 0 Å². The second-order valence-corrected chi connectivity index (χ2v) is 7.46. The van der Waals surface area contributed by atoms with E-state index in [-0.39, 0.29) is 0 Å². The number of para-hydroxylation sites is 1. The monoisotopic (exact) mass is 339 g/mol. The minimum atomic E-state index is -0.508. The first-order valence-electron chi connectivity index (χ1n) is 8.67. The number of ether oxygens (including phenoxy) is 1. The van der Waals surface area contributed by atoms with Crippen molar-refractivity contribution in [3.05, 3.63) is 65.7 Å². The molecule has 0 aromatic heterocycles. The van der Waals surface area contributed by atoms with Gasteiger partial charge in [-0.1, -0.05) is 48.5 Å². The Balaban J connectivity index is 1.76. The third kappa shape index (κ3) is 3.74. The van der Waals surface area contributed by atoms with Gasteiger partial charge in [-0.2, -0.15) is 0 Å². The Morgan fingerprint density at radius 1 is 0.920 bits per heavy atom. The molecule has 0 radical (unpaired) electrons. The fraction of sp³-hybridized carbons (Fsp3) is 0.400. The average Bonchev–Trinajstić information content (AvgIpc) is 2.81. The summed E-state index contributed by atoms with van der Waals surface area (Å²) in [5.41, 5.74) is 7.67. The molecule has 1 heterocycles. The van der Waals surface area contributed by atoms with Gasteiger partial charge in [-0.05, 0) is 39.3 Å². The smallest absolute Gasteiger partial charge is 0.480 e. The van der Waals surface area contributed by atoms with E-state index >= 15 is 0 Å². The number of hydrogen-bond acceptors (Lipinski definition) is 4. The maximum Gasteiger partial charge on any atom is 0.480 e. The predicted octanol–water partition coefficient (Wildman–Crippen LogP) is 3.90. The average molecular weight is 339 g/mol. The van der Waals surface area contributed by atoms with Gasteiger partial charge >= 0.3 is 7.12 Å². The lowest BCUT2D eigenvalue weighted by atomic mass is 9.74. The minimum absolute atomic E-state index is 0.408. The quantitative estimate of drug-likeness (QED) is 0.840. The van der Waals surface area contributed by atoms with Gasteiger partial charge in [0.25, 0.3) is 0 Å². The highest BCUT2D eigenvalue weighted by molar-refractivity contribution is 6.47. The molecule has 1 aliphatic heterocycles. The fourth-order valence-corrected chi connectivity index (χ4v) is 2.80. The van der Waals surface area contributed by atoms with Gasteiger partial charge in [0.2, 0.25) is 0 Å². The topological polar surface area (TPSA) is 53.7 Å². The molecule has 0 amide bonds. The lowest BCUT2D eigenvalue weighted by Crippen LogP contribution is -2.41. The molecule has 1 atom stereocenters. The summed E-state index contributed by atoms with van der Waals surface area (Å²) in [6.07, 6.45) is 0. The van der Waals surface area contributed by atoms with E-state index in [1.54, 1.807) is 0 Å². The zero-order valence-electron chi connectivity index (χ0n) is 15.4. The zero-order chi connectivity index (χ0) is 18.1. The fourth-order valence-electron chi connectivity index (χ4n) is 2.80. The Bertz CT molecular complexity index is 702. The third-order valence-electron chi connectivity index (χ3n) is 5.08. The van der Waals surface area contributed by atoms with E-state index in [1.807, 2.05) is 82.3 Å². The van der Waals surface area contributed by atoms with Crippen molar-refractivity contribution in [3.63, 3.8) is 0 Å². The summed E-state index contributed by atoms with van der Waals surface area (Å²) >= 11 is 0. The van der Waals surface area contributed by atoms with Gasteiger partial charge in [0, 0.05) is 5.56 Å². The minimum Gasteiger partial charge on any atom is -0.489 e. The zero-order valence-corrected chi connectivity index (χ0v) is 15.4. The van der Waals surface area contributed by atoms with Crippen molar-refractivity contribution in [1.82, 2.24) is 0 Å². The van der Waals surface area contributed by atoms with E-state index in [4.69, 9.17) is 19.8 Å². The number of hydrogen-bond donors (Lipinski definition) is 1. The highest BCUT2D eigenvalue weighted by atomic mass is 16.7. The molecule has 1 saturated heterocycles. The van der Waals surface area contributed by atoms with Crippen LogP contribution in [0.2, 0.25) is 0 Å². The van der Waals surface area contributed by atoms with Crippen molar-refractivity contribution < 1.29 is 14.0 Å². The number of benzene rings is 2. The first-order valence-corrected chi connectivity index (χ1v) is 8.67. The molecule has 0 spiro atoms. The van der Waals surface area contributed by atoms with E-state index in [1.165, 1.54) is 0 Å². The Labute approximate surface area is 150 Å². The molecule has 5 heteroatoms. The van der Waals surface area contributed by atoms with E-state index < -0.39 is 24.3 Å². The molecular formula is C20H26BNO3. The Kier molecular flexibility index (Phi) is 4.91. The first-order chi connectivity index (χ1) is 11.8. The van der Waals surface area contributed by atoms with Crippen LogP contribution in [0, 0.1) is 0 Å². The molecule has 3 rings (SSSR count). The molecule has 4 nitrogen and oxygen atoms in total. The Morgan fingerprint density at radius 3 is 2.12 bits per heavy atom. The number of rotatable bonds is 5. The normalized spacial score (nSPS) is 19.6. The summed E-state index contributed by atoms with van der Waals surface area (Å²) in [4.78, 5) is 0. The summed E-state index contributed by atoms with van der Waals surface area (Å²) < 4.78 is 18.2. The van der Waals surface area contributed by atoms with Crippen molar-refractivity contribution in [2.24, 2.45) is 5.73 Å². The molecule has 2 aromatic carbocycles. The lowest BCUT2D eigenvalue weighted by Gasteiger charge is -2.32. The summed E-state index contributed by atoms with van der Waals surface area (Å²) in [6.45, 7) is 8.60. The summed E-state index contributed by atoms with van der Waals surface area (Å²) in [5, 5.41) is 0. The Hall–Kier alpha value is -1.82. The molecule has 2 N–H and O–H groups in total. The second-order valence-electron chi connectivity index (χ2n) is 7.46. The molecule has 1 aliphatic rings. The van der Waals surface area contributed by atoms with Crippen molar-refractivity contribution >= 4 is 7.12 Å². The predicted molar refractivity (Wildman–Crippen MR) is 100 cm³/mol. The van der Waals surface area contributed by atoms with Crippen LogP contribution in [0.25, 0.3) is 0 Å².